The fourth-order valence-electron chi connectivity index (χ4n) is 4.36. The number of hydrogen-bond donors (Lipinski definition) is 1. The molecule has 37 heavy (non-hydrogen) atoms. The van der Waals surface area contributed by atoms with Crippen molar-refractivity contribution in [2.45, 2.75) is 45.9 Å². The van der Waals surface area contributed by atoms with Crippen LogP contribution < -0.4 is 9.61 Å². The lowest BCUT2D eigenvalue weighted by Crippen LogP contribution is -2.45. The summed E-state index contributed by atoms with van der Waals surface area (Å²) >= 11 is 0. The maximum Gasteiger partial charge on any atom is 0.459 e. The molecule has 0 spiro atoms. The smallest absolute Gasteiger partial charge is 0.459 e. The molecule has 1 aliphatic rings. The van der Waals surface area contributed by atoms with Crippen molar-refractivity contribution in [3.8, 4) is 5.75 Å². The summed E-state index contributed by atoms with van der Waals surface area (Å²) in [5, 5.41) is 2.65. The number of aromatic nitrogens is 4. The number of fused-ring (bicyclic) bond motifs is 1. The van der Waals surface area contributed by atoms with Crippen molar-refractivity contribution in [2.24, 2.45) is 11.8 Å². The number of alkyl halides is 1. The third-order valence-electron chi connectivity index (χ3n) is 6.25. The zero-order chi connectivity index (χ0) is 26.7. The van der Waals surface area contributed by atoms with E-state index in [-0.39, 0.29) is 24.5 Å². The molecule has 10 nitrogen and oxygen atoms in total. The maximum absolute atomic E-state index is 14.2. The van der Waals surface area contributed by atoms with Gasteiger partial charge in [-0.05, 0) is 45.4 Å². The number of carbonyl (C=O) groups excluding carboxylic acids is 1. The van der Waals surface area contributed by atoms with Gasteiger partial charge in [-0.1, -0.05) is 24.8 Å². The van der Waals surface area contributed by atoms with Crippen LogP contribution in [0.15, 0.2) is 55.1 Å². The number of benzene rings is 1. The lowest BCUT2D eigenvalue weighted by atomic mass is 9.66. The van der Waals surface area contributed by atoms with Crippen LogP contribution in [0, 0.1) is 18.8 Å². The van der Waals surface area contributed by atoms with Crippen molar-refractivity contribution in [1.82, 2.24) is 24.6 Å². The van der Waals surface area contributed by atoms with Gasteiger partial charge in [0.15, 0.2) is 5.65 Å². The topological polar surface area (TPSA) is 117 Å². The van der Waals surface area contributed by atoms with Crippen molar-refractivity contribution in [3.05, 3.63) is 60.8 Å². The second-order valence-electron chi connectivity index (χ2n) is 9.26. The number of hydrogen-bond acceptors (Lipinski definition) is 8. The zero-order valence-electron chi connectivity index (χ0n) is 21.2. The highest BCUT2D eigenvalue weighted by Gasteiger charge is 2.48. The number of halogens is 1. The van der Waals surface area contributed by atoms with E-state index in [1.807, 2.05) is 6.92 Å². The van der Waals surface area contributed by atoms with E-state index in [4.69, 9.17) is 13.8 Å². The van der Waals surface area contributed by atoms with Crippen molar-refractivity contribution in [3.63, 3.8) is 0 Å². The van der Waals surface area contributed by atoms with E-state index in [9.17, 15) is 13.8 Å². The van der Waals surface area contributed by atoms with Crippen LogP contribution in [0.4, 0.5) is 4.39 Å². The Morgan fingerprint density at radius 3 is 2.62 bits per heavy atom. The van der Waals surface area contributed by atoms with Crippen molar-refractivity contribution < 1.29 is 27.5 Å². The summed E-state index contributed by atoms with van der Waals surface area (Å²) < 4.78 is 46.4. The monoisotopic (exact) mass is 531 g/mol. The van der Waals surface area contributed by atoms with Gasteiger partial charge in [0.2, 0.25) is 0 Å². The Morgan fingerprint density at radius 2 is 1.95 bits per heavy atom. The molecule has 5 atom stereocenters. The number of esters is 1. The van der Waals surface area contributed by atoms with Crippen LogP contribution in [0.3, 0.4) is 0 Å². The predicted molar refractivity (Wildman–Crippen MR) is 136 cm³/mol. The number of imidazole rings is 1. The minimum atomic E-state index is -4.07. The van der Waals surface area contributed by atoms with E-state index >= 15 is 0 Å². The molecule has 2 heterocycles. The summed E-state index contributed by atoms with van der Waals surface area (Å²) in [5.41, 5.74) is 2.64. The summed E-state index contributed by atoms with van der Waals surface area (Å²) in [6.07, 6.45) is 2.70. The molecule has 0 saturated heterocycles. The Labute approximate surface area is 214 Å². The summed E-state index contributed by atoms with van der Waals surface area (Å²) in [7, 11) is -4.07. The highest BCUT2D eigenvalue weighted by Crippen LogP contribution is 2.52. The lowest BCUT2D eigenvalue weighted by Gasteiger charge is -2.46. The van der Waals surface area contributed by atoms with Gasteiger partial charge in [0, 0.05) is 11.8 Å². The number of aryl methyl sites for hydroxylation is 1. The van der Waals surface area contributed by atoms with E-state index < -0.39 is 38.3 Å². The molecule has 1 N–H and O–H groups in total. The van der Waals surface area contributed by atoms with Crippen LogP contribution in [0.25, 0.3) is 11.2 Å². The van der Waals surface area contributed by atoms with Gasteiger partial charge >= 0.3 is 13.7 Å². The molecular formula is C25H31FN5O5P. The third-order valence-corrected chi connectivity index (χ3v) is 7.89. The number of nitrogens with zero attached hydrogens (tertiary/aromatic N) is 4. The van der Waals surface area contributed by atoms with Gasteiger partial charge in [-0.15, -0.1) is 0 Å². The fraction of sp³-hybridized carbons (Fsp3) is 0.440. The zero-order valence-corrected chi connectivity index (χ0v) is 22.1. The van der Waals surface area contributed by atoms with Crippen molar-refractivity contribution in [2.75, 3.05) is 13.3 Å². The SMILES string of the molecule is C=C1[C@@H](n2cnc3c(C)ncnc32)[C@H](CF)[C@H]1COP(=O)(NC(C)C(=O)OC(C)C)Oc1ccccc1. The van der Waals surface area contributed by atoms with Crippen LogP contribution in [0.1, 0.15) is 32.5 Å². The molecule has 1 fully saturated rings. The van der Waals surface area contributed by atoms with Crippen LogP contribution in [0.5, 0.6) is 5.75 Å². The Balaban J connectivity index is 1.51. The Bertz CT molecular complexity index is 1320. The first-order chi connectivity index (χ1) is 17.6. The first-order valence-electron chi connectivity index (χ1n) is 12.0. The van der Waals surface area contributed by atoms with Crippen LogP contribution in [-0.4, -0.2) is 50.9 Å². The number of ether oxygens (including phenoxy) is 1. The molecular weight excluding hydrogens is 500 g/mol. The first kappa shape index (κ1) is 26.9. The molecule has 2 aromatic heterocycles. The summed E-state index contributed by atoms with van der Waals surface area (Å²) in [6.45, 7) is 10.1. The van der Waals surface area contributed by atoms with Crippen LogP contribution in [0.2, 0.25) is 0 Å². The minimum Gasteiger partial charge on any atom is -0.462 e. The maximum atomic E-state index is 14.2. The normalized spacial score (nSPS) is 21.9. The molecule has 3 aromatic rings. The average molecular weight is 532 g/mol. The van der Waals surface area contributed by atoms with Gasteiger partial charge in [-0.2, -0.15) is 5.09 Å². The molecule has 1 aliphatic carbocycles. The molecule has 0 amide bonds. The molecule has 1 saturated carbocycles. The lowest BCUT2D eigenvalue weighted by molar-refractivity contribution is -0.149. The Kier molecular flexibility index (Phi) is 8.06. The number of nitrogens with one attached hydrogen (secondary N) is 1. The number of para-hydroxylation sites is 1. The van der Waals surface area contributed by atoms with E-state index in [1.54, 1.807) is 55.1 Å². The molecule has 2 unspecified atom stereocenters. The van der Waals surface area contributed by atoms with Crippen LogP contribution >= 0.6 is 7.75 Å². The van der Waals surface area contributed by atoms with Gasteiger partial charge in [0.1, 0.15) is 23.6 Å². The summed E-state index contributed by atoms with van der Waals surface area (Å²) in [5.74, 6) is -1.26. The van der Waals surface area contributed by atoms with E-state index in [1.165, 1.54) is 13.3 Å². The minimum absolute atomic E-state index is 0.131. The molecule has 198 valence electrons. The fourth-order valence-corrected chi connectivity index (χ4v) is 5.88. The second kappa shape index (κ2) is 11.1. The standard InChI is InChI=1S/C25H31FN5O5P/c1-15(2)35-25(32)18(5)30-37(33,36-19-9-7-6-8-10-19)34-12-21-16(3)23(20(21)11-26)31-14-29-22-17(4)27-13-28-24(22)31/h6-10,13-15,18,20-21,23H,3,11-12H2,1-2,4-5H3,(H,30,33)/t18?,20-,21+,23-,37?/m1/s1. The average Bonchev–Trinajstić information content (AvgIpc) is 3.27. The van der Waals surface area contributed by atoms with Gasteiger partial charge in [-0.25, -0.2) is 19.5 Å². The third kappa shape index (κ3) is 5.74. The molecule has 4 rings (SSSR count). The predicted octanol–water partition coefficient (Wildman–Crippen LogP) is 4.58. The van der Waals surface area contributed by atoms with Crippen molar-refractivity contribution in [1.29, 1.82) is 0 Å². The van der Waals surface area contributed by atoms with E-state index in [2.05, 4.69) is 26.6 Å². The van der Waals surface area contributed by atoms with Gasteiger partial charge in [-0.3, -0.25) is 13.7 Å². The van der Waals surface area contributed by atoms with Crippen LogP contribution in [-0.2, 0) is 18.6 Å². The molecule has 12 heteroatoms. The largest absolute Gasteiger partial charge is 0.462 e. The highest BCUT2D eigenvalue weighted by molar-refractivity contribution is 7.52. The van der Waals surface area contributed by atoms with E-state index in [0.29, 0.717) is 16.7 Å². The van der Waals surface area contributed by atoms with Crippen molar-refractivity contribution >= 4 is 24.9 Å². The quantitative estimate of drug-likeness (QED) is 0.215. The molecule has 0 radical (unpaired) electrons. The summed E-state index contributed by atoms with van der Waals surface area (Å²) in [4.78, 5) is 25.2. The Morgan fingerprint density at radius 1 is 1.22 bits per heavy atom. The van der Waals surface area contributed by atoms with Gasteiger partial charge in [0.05, 0.1) is 37.4 Å². The van der Waals surface area contributed by atoms with E-state index in [0.717, 1.165) is 5.69 Å². The second-order valence-corrected chi connectivity index (χ2v) is 11.0. The molecule has 0 bridgehead atoms. The molecule has 0 aliphatic heterocycles. The number of carbonyl (C=O) groups is 1. The number of rotatable bonds is 11. The molecule has 1 aromatic carbocycles. The highest BCUT2D eigenvalue weighted by atomic mass is 31.2. The Hall–Kier alpha value is -3.14. The van der Waals surface area contributed by atoms with Gasteiger partial charge < -0.3 is 13.8 Å². The summed E-state index contributed by atoms with van der Waals surface area (Å²) in [6, 6.07) is 7.08. The van der Waals surface area contributed by atoms with Gasteiger partial charge in [0.25, 0.3) is 0 Å². The first-order valence-corrected chi connectivity index (χ1v) is 13.5.